The number of amidine groups is 1. The van der Waals surface area contributed by atoms with Gasteiger partial charge in [0.15, 0.2) is 5.84 Å². The number of ether oxygens (including phenoxy) is 1. The Hall–Kier alpha value is -3.50. The Morgan fingerprint density at radius 1 is 1.11 bits per heavy atom. The average Bonchev–Trinajstić information content (AvgIpc) is 3.56. The average molecular weight is 473 g/mol. The molecular weight excluding hydrogens is 443 g/mol. The first-order valence-corrected chi connectivity index (χ1v) is 12.3. The summed E-state index contributed by atoms with van der Waals surface area (Å²) in [6, 6.07) is 14.1. The number of Topliss-reactive ketones (excluding diaryl/α,β-unsaturated/α-hetero) is 1. The molecule has 1 unspecified atom stereocenters. The van der Waals surface area contributed by atoms with Crippen molar-refractivity contribution >= 4 is 22.9 Å². The van der Waals surface area contributed by atoms with Crippen LogP contribution in [0.5, 0.6) is 5.75 Å². The van der Waals surface area contributed by atoms with E-state index >= 15 is 0 Å². The molecule has 2 atom stereocenters. The highest BCUT2D eigenvalue weighted by molar-refractivity contribution is 6.45. The van der Waals surface area contributed by atoms with Gasteiger partial charge in [0.1, 0.15) is 17.6 Å². The number of rotatable bonds is 7. The van der Waals surface area contributed by atoms with E-state index in [9.17, 15) is 9.18 Å². The summed E-state index contributed by atoms with van der Waals surface area (Å²) >= 11 is 0. The number of carbonyl (C=O) groups excluding carboxylic acids is 1. The van der Waals surface area contributed by atoms with Crippen molar-refractivity contribution in [2.75, 3.05) is 26.2 Å². The summed E-state index contributed by atoms with van der Waals surface area (Å²) in [6.45, 7) is 5.01. The highest BCUT2D eigenvalue weighted by Gasteiger charge is 2.33. The lowest BCUT2D eigenvalue weighted by Gasteiger charge is -2.28. The van der Waals surface area contributed by atoms with E-state index in [0.29, 0.717) is 35.5 Å². The van der Waals surface area contributed by atoms with Gasteiger partial charge in [-0.3, -0.25) is 9.79 Å². The Labute approximate surface area is 204 Å². The molecule has 2 aromatic rings. The third-order valence-corrected chi connectivity index (χ3v) is 6.97. The Morgan fingerprint density at radius 2 is 1.89 bits per heavy atom. The van der Waals surface area contributed by atoms with Gasteiger partial charge in [-0.25, -0.2) is 4.39 Å². The number of benzene rings is 2. The van der Waals surface area contributed by atoms with Gasteiger partial charge in [0.05, 0.1) is 23.8 Å². The molecule has 180 valence electrons. The predicted octanol–water partition coefficient (Wildman–Crippen LogP) is 4.17. The summed E-state index contributed by atoms with van der Waals surface area (Å²) in [6.07, 6.45) is 3.48. The summed E-state index contributed by atoms with van der Waals surface area (Å²) in [5.74, 6) is 1.01. The van der Waals surface area contributed by atoms with E-state index in [0.717, 1.165) is 43.0 Å². The maximum atomic E-state index is 14.6. The summed E-state index contributed by atoms with van der Waals surface area (Å²) in [4.78, 5) is 18.0. The van der Waals surface area contributed by atoms with Crippen molar-refractivity contribution in [2.45, 2.75) is 26.2 Å². The summed E-state index contributed by atoms with van der Waals surface area (Å²) < 4.78 is 20.4. The van der Waals surface area contributed by atoms with Crippen LogP contribution in [-0.4, -0.2) is 37.9 Å². The van der Waals surface area contributed by atoms with Gasteiger partial charge in [-0.15, -0.1) is 0 Å². The quantitative estimate of drug-likeness (QED) is 0.632. The van der Waals surface area contributed by atoms with Crippen molar-refractivity contribution < 1.29 is 13.9 Å². The molecule has 2 fully saturated rings. The van der Waals surface area contributed by atoms with E-state index in [4.69, 9.17) is 10.00 Å². The minimum Gasteiger partial charge on any atom is -0.493 e. The molecule has 0 spiro atoms. The second-order valence-corrected chi connectivity index (χ2v) is 9.63. The second-order valence-electron chi connectivity index (χ2n) is 9.63. The van der Waals surface area contributed by atoms with E-state index in [2.05, 4.69) is 15.6 Å². The minimum absolute atomic E-state index is 0.0179. The van der Waals surface area contributed by atoms with Gasteiger partial charge in [-0.2, -0.15) is 5.26 Å². The van der Waals surface area contributed by atoms with Crippen LogP contribution in [0.15, 0.2) is 47.5 Å². The van der Waals surface area contributed by atoms with Crippen molar-refractivity contribution in [3.63, 3.8) is 0 Å². The molecule has 1 saturated carbocycles. The van der Waals surface area contributed by atoms with Gasteiger partial charge in [-0.05, 0) is 79.6 Å². The molecule has 0 radical (unpaired) electrons. The lowest BCUT2D eigenvalue weighted by molar-refractivity contribution is -0.114. The lowest BCUT2D eigenvalue weighted by Crippen LogP contribution is -2.40. The molecule has 1 saturated heterocycles. The van der Waals surface area contributed by atoms with Crippen LogP contribution < -0.4 is 15.4 Å². The maximum Gasteiger partial charge on any atom is 0.204 e. The first kappa shape index (κ1) is 23.3. The molecule has 2 heterocycles. The van der Waals surface area contributed by atoms with Crippen LogP contribution >= 0.6 is 0 Å². The van der Waals surface area contributed by atoms with Crippen LogP contribution in [-0.2, 0) is 4.79 Å². The zero-order valence-electron chi connectivity index (χ0n) is 19.8. The first-order valence-electron chi connectivity index (χ1n) is 12.3. The summed E-state index contributed by atoms with van der Waals surface area (Å²) in [7, 11) is 0. The fourth-order valence-electron chi connectivity index (χ4n) is 4.62. The molecule has 7 heteroatoms. The number of nitrogens with zero attached hydrogens (tertiary/aromatic N) is 2. The number of nitrogens with one attached hydrogen (secondary N) is 2. The molecule has 2 N–H and O–H groups in total. The fourth-order valence-corrected chi connectivity index (χ4v) is 4.62. The molecule has 1 aliphatic carbocycles. The number of hydrogen-bond donors (Lipinski definition) is 2. The molecule has 3 aliphatic rings. The largest absolute Gasteiger partial charge is 0.493 e. The van der Waals surface area contributed by atoms with Crippen LogP contribution in [0.4, 0.5) is 4.39 Å². The number of nitriles is 1. The van der Waals surface area contributed by atoms with Crippen molar-refractivity contribution in [3.05, 3.63) is 65.0 Å². The molecule has 6 nitrogen and oxygen atoms in total. The van der Waals surface area contributed by atoms with Crippen LogP contribution in [0.1, 0.15) is 42.9 Å². The molecular formula is C28H29FN4O2. The number of halogens is 1. The second kappa shape index (κ2) is 10.0. The van der Waals surface area contributed by atoms with E-state index in [1.54, 1.807) is 6.07 Å². The topological polar surface area (TPSA) is 86.5 Å². The number of ketones is 1. The van der Waals surface area contributed by atoms with Gasteiger partial charge in [0, 0.05) is 12.1 Å². The maximum absolute atomic E-state index is 14.6. The molecule has 2 aromatic carbocycles. The first-order chi connectivity index (χ1) is 17.0. The Morgan fingerprint density at radius 3 is 2.54 bits per heavy atom. The molecule has 0 bridgehead atoms. The highest BCUT2D eigenvalue weighted by Crippen LogP contribution is 2.36. The predicted molar refractivity (Wildman–Crippen MR) is 133 cm³/mol. The smallest absolute Gasteiger partial charge is 0.204 e. The SMILES string of the molecule is CC1C(=O)C(=NC[C@H]2CCNC2)NC(c2ccc(C#N)c(F)c2)=C1c1ccc(OCC2CC2)cc1. The van der Waals surface area contributed by atoms with Gasteiger partial charge >= 0.3 is 0 Å². The Bertz CT molecular complexity index is 1220. The minimum atomic E-state index is -0.595. The molecule has 0 aromatic heterocycles. The fraction of sp³-hybridized carbons (Fsp3) is 0.393. The van der Waals surface area contributed by atoms with Crippen LogP contribution in [0.25, 0.3) is 11.3 Å². The van der Waals surface area contributed by atoms with E-state index in [-0.39, 0.29) is 11.3 Å². The highest BCUT2D eigenvalue weighted by atomic mass is 19.1. The zero-order valence-corrected chi connectivity index (χ0v) is 19.8. The van der Waals surface area contributed by atoms with Crippen LogP contribution in [0.3, 0.4) is 0 Å². The number of aliphatic imine (C=N–C) groups is 1. The van der Waals surface area contributed by atoms with E-state index in [1.165, 1.54) is 25.0 Å². The third-order valence-electron chi connectivity index (χ3n) is 6.97. The summed E-state index contributed by atoms with van der Waals surface area (Å²) in [5.41, 5.74) is 2.82. The normalized spacial score (nSPS) is 23.3. The number of hydrogen-bond acceptors (Lipinski definition) is 5. The zero-order chi connectivity index (χ0) is 24.4. The molecule has 0 amide bonds. The number of allylic oxidation sites excluding steroid dienone is 1. The number of carbonyl (C=O) groups is 1. The van der Waals surface area contributed by atoms with Crippen LogP contribution in [0.2, 0.25) is 0 Å². The Kier molecular flexibility index (Phi) is 6.65. The van der Waals surface area contributed by atoms with Crippen molar-refractivity contribution in [2.24, 2.45) is 22.7 Å². The molecule has 5 rings (SSSR count). The van der Waals surface area contributed by atoms with E-state index < -0.39 is 11.7 Å². The lowest BCUT2D eigenvalue weighted by atomic mass is 9.83. The van der Waals surface area contributed by atoms with Gasteiger partial charge in [-0.1, -0.05) is 25.1 Å². The van der Waals surface area contributed by atoms with Gasteiger partial charge in [0.2, 0.25) is 5.78 Å². The van der Waals surface area contributed by atoms with Gasteiger partial charge < -0.3 is 15.4 Å². The van der Waals surface area contributed by atoms with Crippen molar-refractivity contribution in [1.29, 1.82) is 5.26 Å². The van der Waals surface area contributed by atoms with Crippen molar-refractivity contribution in [1.82, 2.24) is 10.6 Å². The molecule has 35 heavy (non-hydrogen) atoms. The standard InChI is InChI=1S/C28H29FN4O2/c1-17-25(20-6-8-23(9-7-20)35-16-18-2-3-18)26(21-4-5-22(13-30)24(29)12-21)33-28(27(17)34)32-15-19-10-11-31-14-19/h4-9,12,17-19,31H,2-3,10-11,14-16H2,1H3,(H,32,33)/t17?,19-/m0/s1. The third kappa shape index (κ3) is 5.13. The van der Waals surface area contributed by atoms with Gasteiger partial charge in [0.25, 0.3) is 0 Å². The monoisotopic (exact) mass is 472 g/mol. The molecule has 2 aliphatic heterocycles. The Balaban J connectivity index is 1.51. The summed E-state index contributed by atoms with van der Waals surface area (Å²) in [5, 5.41) is 15.7. The van der Waals surface area contributed by atoms with Crippen LogP contribution in [0, 0.1) is 34.9 Å². The van der Waals surface area contributed by atoms with E-state index in [1.807, 2.05) is 37.3 Å². The van der Waals surface area contributed by atoms with Crippen molar-refractivity contribution in [3.8, 4) is 11.8 Å².